The molecule has 0 aliphatic carbocycles. The fourth-order valence-corrected chi connectivity index (χ4v) is 6.34. The molecule has 0 bridgehead atoms. The molecule has 3 amide bonds. The molecule has 0 spiro atoms. The zero-order valence-electron chi connectivity index (χ0n) is 17.2. The SMILES string of the molecule is CCCC1C(=O)N(S(C)(=O)=O)[C@@H]2CCN(C(=O)CCN3CCC(C(N)=O)CC3)[C@@H]12. The normalized spacial score (nSPS) is 28.8. The second-order valence-corrected chi connectivity index (χ2v) is 10.4. The van der Waals surface area contributed by atoms with E-state index in [1.807, 2.05) is 6.92 Å². The summed E-state index contributed by atoms with van der Waals surface area (Å²) in [7, 11) is -3.65. The first-order chi connectivity index (χ1) is 13.6. The molecule has 164 valence electrons. The van der Waals surface area contributed by atoms with Crippen LogP contribution in [0, 0.1) is 11.8 Å². The Bertz CT molecular complexity index is 763. The van der Waals surface area contributed by atoms with Gasteiger partial charge in [-0.2, -0.15) is 0 Å². The molecule has 3 aliphatic rings. The minimum atomic E-state index is -3.65. The zero-order valence-corrected chi connectivity index (χ0v) is 18.1. The maximum Gasteiger partial charge on any atom is 0.241 e. The van der Waals surface area contributed by atoms with Gasteiger partial charge in [0.05, 0.1) is 24.3 Å². The number of piperidine rings is 1. The number of hydrogen-bond donors (Lipinski definition) is 1. The molecule has 3 atom stereocenters. The van der Waals surface area contributed by atoms with E-state index in [2.05, 4.69) is 4.90 Å². The van der Waals surface area contributed by atoms with Crippen LogP contribution in [0.15, 0.2) is 0 Å². The highest BCUT2D eigenvalue weighted by Gasteiger charge is 2.56. The van der Waals surface area contributed by atoms with Crippen LogP contribution in [0.1, 0.15) is 45.4 Å². The van der Waals surface area contributed by atoms with E-state index in [-0.39, 0.29) is 29.7 Å². The molecule has 0 aromatic rings. The minimum Gasteiger partial charge on any atom is -0.369 e. The lowest BCUT2D eigenvalue weighted by atomic mass is 9.94. The van der Waals surface area contributed by atoms with E-state index in [1.165, 1.54) is 0 Å². The van der Waals surface area contributed by atoms with Crippen molar-refractivity contribution >= 4 is 27.7 Å². The maximum absolute atomic E-state index is 13.0. The fraction of sp³-hybridized carbons (Fsp3) is 0.842. The Kier molecular flexibility index (Phi) is 6.52. The van der Waals surface area contributed by atoms with Gasteiger partial charge in [0.25, 0.3) is 0 Å². The highest BCUT2D eigenvalue weighted by molar-refractivity contribution is 7.88. The second-order valence-electron chi connectivity index (χ2n) is 8.49. The van der Waals surface area contributed by atoms with E-state index in [0.717, 1.165) is 30.1 Å². The van der Waals surface area contributed by atoms with Crippen LogP contribution in [0.4, 0.5) is 0 Å². The lowest BCUT2D eigenvalue weighted by molar-refractivity contribution is -0.134. The fourth-order valence-electron chi connectivity index (χ4n) is 5.16. The Labute approximate surface area is 172 Å². The van der Waals surface area contributed by atoms with Gasteiger partial charge in [0, 0.05) is 25.4 Å². The number of nitrogens with zero attached hydrogens (tertiary/aromatic N) is 3. The molecule has 0 saturated carbocycles. The van der Waals surface area contributed by atoms with Crippen LogP contribution < -0.4 is 5.73 Å². The molecule has 3 saturated heterocycles. The van der Waals surface area contributed by atoms with Crippen LogP contribution in [0.25, 0.3) is 0 Å². The van der Waals surface area contributed by atoms with E-state index < -0.39 is 22.0 Å². The molecule has 29 heavy (non-hydrogen) atoms. The van der Waals surface area contributed by atoms with Gasteiger partial charge in [-0.1, -0.05) is 13.3 Å². The molecule has 3 fully saturated rings. The quantitative estimate of drug-likeness (QED) is 0.597. The van der Waals surface area contributed by atoms with Gasteiger partial charge in [0.2, 0.25) is 27.7 Å². The molecular weight excluding hydrogens is 396 g/mol. The van der Waals surface area contributed by atoms with Crippen molar-refractivity contribution in [2.45, 2.75) is 57.5 Å². The number of carbonyl (C=O) groups excluding carboxylic acids is 3. The maximum atomic E-state index is 13.0. The summed E-state index contributed by atoms with van der Waals surface area (Å²) in [6, 6.07) is -0.797. The molecule has 2 N–H and O–H groups in total. The molecule has 3 heterocycles. The Balaban J connectivity index is 1.63. The molecule has 10 heteroatoms. The van der Waals surface area contributed by atoms with Gasteiger partial charge < -0.3 is 15.5 Å². The van der Waals surface area contributed by atoms with Crippen LogP contribution in [0.5, 0.6) is 0 Å². The number of likely N-dealkylation sites (tertiary alicyclic amines) is 2. The van der Waals surface area contributed by atoms with Crippen molar-refractivity contribution in [1.82, 2.24) is 14.1 Å². The largest absolute Gasteiger partial charge is 0.369 e. The Morgan fingerprint density at radius 3 is 2.34 bits per heavy atom. The van der Waals surface area contributed by atoms with Crippen molar-refractivity contribution in [3.05, 3.63) is 0 Å². The zero-order chi connectivity index (χ0) is 21.3. The predicted molar refractivity (Wildman–Crippen MR) is 107 cm³/mol. The number of nitrogens with two attached hydrogens (primary N) is 1. The first-order valence-corrected chi connectivity index (χ1v) is 12.3. The summed E-state index contributed by atoms with van der Waals surface area (Å²) in [5.74, 6) is -1.18. The van der Waals surface area contributed by atoms with Crippen molar-refractivity contribution in [3.8, 4) is 0 Å². The average molecular weight is 429 g/mol. The van der Waals surface area contributed by atoms with Crippen LogP contribution in [-0.2, 0) is 24.4 Å². The summed E-state index contributed by atoms with van der Waals surface area (Å²) in [6.07, 6.45) is 4.67. The first-order valence-electron chi connectivity index (χ1n) is 10.5. The highest BCUT2D eigenvalue weighted by atomic mass is 32.2. The summed E-state index contributed by atoms with van der Waals surface area (Å²) in [5, 5.41) is 0. The monoisotopic (exact) mass is 428 g/mol. The lowest BCUT2D eigenvalue weighted by Crippen LogP contribution is -2.45. The number of primary amides is 1. The van der Waals surface area contributed by atoms with Crippen molar-refractivity contribution < 1.29 is 22.8 Å². The van der Waals surface area contributed by atoms with Crippen molar-refractivity contribution in [2.75, 3.05) is 32.4 Å². The predicted octanol–water partition coefficient (Wildman–Crippen LogP) is -0.239. The molecule has 0 aromatic carbocycles. The van der Waals surface area contributed by atoms with Crippen LogP contribution >= 0.6 is 0 Å². The number of sulfonamides is 1. The molecule has 1 unspecified atom stereocenters. The van der Waals surface area contributed by atoms with E-state index in [4.69, 9.17) is 5.73 Å². The second kappa shape index (κ2) is 8.59. The van der Waals surface area contributed by atoms with Crippen LogP contribution in [0.2, 0.25) is 0 Å². The van der Waals surface area contributed by atoms with E-state index in [1.54, 1.807) is 4.90 Å². The number of hydrogen-bond acceptors (Lipinski definition) is 6. The van der Waals surface area contributed by atoms with Crippen LogP contribution in [-0.4, -0.2) is 84.8 Å². The van der Waals surface area contributed by atoms with Crippen molar-refractivity contribution in [3.63, 3.8) is 0 Å². The molecule has 9 nitrogen and oxygen atoms in total. The minimum absolute atomic E-state index is 0.0289. The Hall–Kier alpha value is -1.68. The third-order valence-corrected chi connectivity index (χ3v) is 7.74. The van der Waals surface area contributed by atoms with E-state index in [0.29, 0.717) is 45.2 Å². The van der Waals surface area contributed by atoms with Crippen LogP contribution in [0.3, 0.4) is 0 Å². The lowest BCUT2D eigenvalue weighted by Gasteiger charge is -2.32. The van der Waals surface area contributed by atoms with E-state index in [9.17, 15) is 22.8 Å². The first kappa shape index (κ1) is 22.0. The summed E-state index contributed by atoms with van der Waals surface area (Å²) in [5.41, 5.74) is 5.37. The number of fused-ring (bicyclic) bond motifs is 1. The molecule has 0 aromatic heterocycles. The number of rotatable bonds is 7. The van der Waals surface area contributed by atoms with Gasteiger partial charge in [0.1, 0.15) is 0 Å². The summed E-state index contributed by atoms with van der Waals surface area (Å²) in [6.45, 7) is 4.53. The Morgan fingerprint density at radius 1 is 1.14 bits per heavy atom. The Morgan fingerprint density at radius 2 is 1.79 bits per heavy atom. The number of carbonyl (C=O) groups is 3. The van der Waals surface area contributed by atoms with E-state index >= 15 is 0 Å². The summed E-state index contributed by atoms with van der Waals surface area (Å²) >= 11 is 0. The van der Waals surface area contributed by atoms with Gasteiger partial charge in [-0.15, -0.1) is 0 Å². The third kappa shape index (κ3) is 4.42. The number of amides is 3. The molecule has 3 aliphatic heterocycles. The topological polar surface area (TPSA) is 121 Å². The molecule has 0 radical (unpaired) electrons. The smallest absolute Gasteiger partial charge is 0.241 e. The highest BCUT2D eigenvalue weighted by Crippen LogP contribution is 2.40. The third-order valence-electron chi connectivity index (χ3n) is 6.58. The van der Waals surface area contributed by atoms with Gasteiger partial charge in [-0.25, -0.2) is 12.7 Å². The summed E-state index contributed by atoms with van der Waals surface area (Å²) in [4.78, 5) is 40.9. The van der Waals surface area contributed by atoms with Gasteiger partial charge >= 0.3 is 0 Å². The molecule has 3 rings (SSSR count). The average Bonchev–Trinajstić information content (AvgIpc) is 3.18. The summed E-state index contributed by atoms with van der Waals surface area (Å²) < 4.78 is 25.4. The van der Waals surface area contributed by atoms with Gasteiger partial charge in [0.15, 0.2) is 0 Å². The van der Waals surface area contributed by atoms with Gasteiger partial charge in [-0.3, -0.25) is 14.4 Å². The van der Waals surface area contributed by atoms with Gasteiger partial charge in [-0.05, 0) is 38.8 Å². The molecular formula is C19H32N4O5S. The van der Waals surface area contributed by atoms with Crippen molar-refractivity contribution in [2.24, 2.45) is 17.6 Å². The standard InChI is InChI=1S/C19H32N4O5S/c1-3-4-14-17-15(23(19(14)26)29(2,27)28)7-12-22(17)16(24)8-11-21-9-5-13(6-10-21)18(20)25/h13-15,17H,3-12H2,1-2H3,(H2,20,25)/t14?,15-,17+/m1/s1. The van der Waals surface area contributed by atoms with Crippen molar-refractivity contribution in [1.29, 1.82) is 0 Å².